The lowest BCUT2D eigenvalue weighted by Gasteiger charge is -2.18. The Morgan fingerprint density at radius 3 is 1.01 bits per heavy atom. The van der Waals surface area contributed by atoms with Crippen molar-refractivity contribution >= 4 is 17.9 Å². The molecule has 400 valence electrons. The summed E-state index contributed by atoms with van der Waals surface area (Å²) in [5, 5.41) is 0. The highest BCUT2D eigenvalue weighted by Gasteiger charge is 2.19. The van der Waals surface area contributed by atoms with Crippen molar-refractivity contribution in [2.75, 3.05) is 13.2 Å². The first-order chi connectivity index (χ1) is 34.5. The van der Waals surface area contributed by atoms with E-state index < -0.39 is 6.10 Å². The summed E-state index contributed by atoms with van der Waals surface area (Å²) in [6, 6.07) is 0. The normalized spacial score (nSPS) is 12.8. The molecule has 0 saturated heterocycles. The van der Waals surface area contributed by atoms with Crippen molar-refractivity contribution in [3.05, 3.63) is 97.2 Å². The van der Waals surface area contributed by atoms with Crippen LogP contribution in [0.25, 0.3) is 0 Å². The predicted molar refractivity (Wildman–Crippen MR) is 302 cm³/mol. The number of carbonyl (C=O) groups excluding carboxylic acids is 3. The lowest BCUT2D eigenvalue weighted by atomic mass is 10.1. The maximum atomic E-state index is 12.9. The van der Waals surface area contributed by atoms with Crippen LogP contribution in [0.5, 0.6) is 0 Å². The van der Waals surface area contributed by atoms with Gasteiger partial charge in [0.15, 0.2) is 6.10 Å². The Morgan fingerprint density at radius 2 is 0.600 bits per heavy atom. The van der Waals surface area contributed by atoms with E-state index in [4.69, 9.17) is 14.2 Å². The molecule has 0 saturated carbocycles. The summed E-state index contributed by atoms with van der Waals surface area (Å²) in [5.74, 6) is -0.925. The van der Waals surface area contributed by atoms with E-state index in [1.54, 1.807) is 0 Å². The van der Waals surface area contributed by atoms with Gasteiger partial charge in [0.05, 0.1) is 0 Å². The lowest BCUT2D eigenvalue weighted by Crippen LogP contribution is -2.30. The molecule has 0 spiro atoms. The molecule has 70 heavy (non-hydrogen) atoms. The molecule has 0 heterocycles. The second-order valence-corrected chi connectivity index (χ2v) is 19.3. The van der Waals surface area contributed by atoms with Crippen LogP contribution in [-0.2, 0) is 28.6 Å². The summed E-state index contributed by atoms with van der Waals surface area (Å²) in [6.07, 6.45) is 76.7. The fourth-order valence-electron chi connectivity index (χ4n) is 7.97. The maximum absolute atomic E-state index is 12.9. The SMILES string of the molecule is CCC\C=C/C=C\C=C/C=C\C=C/CCCCCCCC(=O)OCC(COC(=O)CCCCCCCCC/C=C\CCCCCCCC)OC(=O)CCCCCCCCC/C=C\C/C=C\CCCCC. The Kier molecular flexibility index (Phi) is 54.9. The number of esters is 3. The first-order valence-corrected chi connectivity index (χ1v) is 29.3. The molecular formula is C64H108O6. The van der Waals surface area contributed by atoms with Crippen LogP contribution in [0, 0.1) is 0 Å². The first kappa shape index (κ1) is 66.3. The van der Waals surface area contributed by atoms with Crippen molar-refractivity contribution in [3.63, 3.8) is 0 Å². The van der Waals surface area contributed by atoms with Gasteiger partial charge in [0.1, 0.15) is 13.2 Å². The molecule has 6 heteroatoms. The summed E-state index contributed by atoms with van der Waals surface area (Å²) in [7, 11) is 0. The lowest BCUT2D eigenvalue weighted by molar-refractivity contribution is -0.167. The molecule has 0 aliphatic rings. The molecule has 0 rings (SSSR count). The van der Waals surface area contributed by atoms with Crippen LogP contribution in [-0.4, -0.2) is 37.2 Å². The monoisotopic (exact) mass is 973 g/mol. The number of hydrogen-bond acceptors (Lipinski definition) is 6. The Morgan fingerprint density at radius 1 is 0.300 bits per heavy atom. The molecule has 0 aromatic carbocycles. The van der Waals surface area contributed by atoms with E-state index in [-0.39, 0.29) is 31.1 Å². The van der Waals surface area contributed by atoms with Crippen LogP contribution in [0.1, 0.15) is 271 Å². The molecule has 0 amide bonds. The largest absolute Gasteiger partial charge is 0.462 e. The first-order valence-electron chi connectivity index (χ1n) is 29.3. The van der Waals surface area contributed by atoms with Crippen molar-refractivity contribution in [2.45, 2.75) is 277 Å². The fourth-order valence-corrected chi connectivity index (χ4v) is 7.97. The van der Waals surface area contributed by atoms with E-state index in [0.717, 1.165) is 96.3 Å². The molecule has 0 fully saturated rings. The Labute approximate surface area is 432 Å². The second-order valence-electron chi connectivity index (χ2n) is 19.3. The molecule has 0 aromatic rings. The molecule has 0 aliphatic heterocycles. The van der Waals surface area contributed by atoms with Gasteiger partial charge in [-0.2, -0.15) is 0 Å². The van der Waals surface area contributed by atoms with E-state index in [1.807, 2.05) is 24.3 Å². The van der Waals surface area contributed by atoms with Gasteiger partial charge < -0.3 is 14.2 Å². The minimum atomic E-state index is -0.796. The minimum Gasteiger partial charge on any atom is -0.462 e. The van der Waals surface area contributed by atoms with Crippen molar-refractivity contribution in [1.82, 2.24) is 0 Å². The van der Waals surface area contributed by atoms with E-state index in [2.05, 4.69) is 93.7 Å². The third kappa shape index (κ3) is 55.3. The van der Waals surface area contributed by atoms with Gasteiger partial charge in [-0.1, -0.05) is 253 Å². The fraction of sp³-hybridized carbons (Fsp3) is 0.703. The Balaban J connectivity index is 4.47. The minimum absolute atomic E-state index is 0.0918. The van der Waals surface area contributed by atoms with Crippen LogP contribution >= 0.6 is 0 Å². The maximum Gasteiger partial charge on any atom is 0.306 e. The second kappa shape index (κ2) is 57.9. The highest BCUT2D eigenvalue weighted by atomic mass is 16.6. The third-order valence-electron chi connectivity index (χ3n) is 12.4. The Bertz CT molecular complexity index is 1400. The summed E-state index contributed by atoms with van der Waals surface area (Å²) in [4.78, 5) is 38.2. The topological polar surface area (TPSA) is 78.9 Å². The van der Waals surface area contributed by atoms with Crippen LogP contribution in [0.4, 0.5) is 0 Å². The summed E-state index contributed by atoms with van der Waals surface area (Å²) < 4.78 is 16.9. The van der Waals surface area contributed by atoms with Crippen LogP contribution in [0.15, 0.2) is 97.2 Å². The quantitative estimate of drug-likeness (QED) is 0.0199. The number of rotatable bonds is 52. The molecule has 0 N–H and O–H groups in total. The molecule has 0 bridgehead atoms. The molecule has 0 aromatic heterocycles. The van der Waals surface area contributed by atoms with Crippen LogP contribution in [0.2, 0.25) is 0 Å². The van der Waals surface area contributed by atoms with Gasteiger partial charge in [0.25, 0.3) is 0 Å². The van der Waals surface area contributed by atoms with Gasteiger partial charge in [-0.15, -0.1) is 0 Å². The van der Waals surface area contributed by atoms with Crippen molar-refractivity contribution in [1.29, 1.82) is 0 Å². The molecule has 1 atom stereocenters. The smallest absolute Gasteiger partial charge is 0.306 e. The average molecular weight is 974 g/mol. The molecule has 6 nitrogen and oxygen atoms in total. The average Bonchev–Trinajstić information content (AvgIpc) is 3.36. The van der Waals surface area contributed by atoms with E-state index >= 15 is 0 Å². The highest BCUT2D eigenvalue weighted by Crippen LogP contribution is 2.15. The zero-order valence-corrected chi connectivity index (χ0v) is 45.8. The van der Waals surface area contributed by atoms with Gasteiger partial charge in [-0.25, -0.2) is 0 Å². The van der Waals surface area contributed by atoms with Gasteiger partial charge >= 0.3 is 17.9 Å². The molecule has 0 aliphatic carbocycles. The summed E-state index contributed by atoms with van der Waals surface area (Å²) in [6.45, 7) is 6.50. The van der Waals surface area contributed by atoms with Crippen LogP contribution in [0.3, 0.4) is 0 Å². The third-order valence-corrected chi connectivity index (χ3v) is 12.4. The van der Waals surface area contributed by atoms with Gasteiger partial charge in [-0.3, -0.25) is 14.4 Å². The zero-order valence-electron chi connectivity index (χ0n) is 45.8. The summed E-state index contributed by atoms with van der Waals surface area (Å²) >= 11 is 0. The molecular weight excluding hydrogens is 865 g/mol. The highest BCUT2D eigenvalue weighted by molar-refractivity contribution is 5.71. The number of allylic oxidation sites excluding steroid dienone is 16. The summed E-state index contributed by atoms with van der Waals surface area (Å²) in [5.41, 5.74) is 0. The van der Waals surface area contributed by atoms with Crippen molar-refractivity contribution in [2.24, 2.45) is 0 Å². The van der Waals surface area contributed by atoms with E-state index in [9.17, 15) is 14.4 Å². The predicted octanol–water partition coefficient (Wildman–Crippen LogP) is 19.7. The zero-order chi connectivity index (χ0) is 50.7. The van der Waals surface area contributed by atoms with Gasteiger partial charge in [0, 0.05) is 19.3 Å². The van der Waals surface area contributed by atoms with Gasteiger partial charge in [0.2, 0.25) is 0 Å². The number of unbranched alkanes of at least 4 members (excludes halogenated alkanes) is 29. The molecule has 0 radical (unpaired) electrons. The number of ether oxygens (including phenoxy) is 3. The van der Waals surface area contributed by atoms with E-state index in [1.165, 1.54) is 135 Å². The standard InChI is InChI=1S/C64H108O6/c1-4-7-10-13-16-19-22-25-28-31-34-36-39-42-45-48-51-54-57-63(66)69-60-61(70-64(67)58-55-52-49-46-43-40-37-33-30-27-24-21-18-15-12-9-6-3)59-68-62(65)56-53-50-47-44-41-38-35-32-29-26-23-20-17-14-11-8-5-2/h10,13,16,18-19,21-22,25-31,34,36,61H,4-9,11-12,14-15,17,20,23-24,32-33,35,37-60H2,1-3H3/b13-10-,19-16-,21-18-,25-22-,29-26-,30-27-,31-28-,36-34-. The van der Waals surface area contributed by atoms with E-state index in [0.29, 0.717) is 19.3 Å². The number of carbonyl (C=O) groups is 3. The van der Waals surface area contributed by atoms with Gasteiger partial charge in [-0.05, 0) is 96.3 Å². The van der Waals surface area contributed by atoms with Crippen LogP contribution < -0.4 is 0 Å². The Hall–Kier alpha value is -3.67. The van der Waals surface area contributed by atoms with Crippen molar-refractivity contribution < 1.29 is 28.6 Å². The van der Waals surface area contributed by atoms with Crippen molar-refractivity contribution in [3.8, 4) is 0 Å². The number of hydrogen-bond donors (Lipinski definition) is 0. The molecule has 1 unspecified atom stereocenters.